The summed E-state index contributed by atoms with van der Waals surface area (Å²) < 4.78 is 23.7. The van der Waals surface area contributed by atoms with Crippen LogP contribution >= 0.6 is 15.9 Å². The average Bonchev–Trinajstić information content (AvgIpc) is 2.83. The molecule has 1 fully saturated rings. The lowest BCUT2D eigenvalue weighted by Gasteiger charge is -2.21. The molecule has 1 atom stereocenters. The van der Waals surface area contributed by atoms with E-state index in [1.54, 1.807) is 31.2 Å². The fourth-order valence-electron chi connectivity index (χ4n) is 2.46. The van der Waals surface area contributed by atoms with Crippen molar-refractivity contribution in [1.29, 1.82) is 0 Å². The lowest BCUT2D eigenvalue weighted by molar-refractivity contribution is -0.122. The van der Waals surface area contributed by atoms with E-state index in [9.17, 15) is 18.0 Å². The average molecular weight is 403 g/mol. The van der Waals surface area contributed by atoms with Gasteiger partial charge in [0.2, 0.25) is 5.91 Å². The van der Waals surface area contributed by atoms with E-state index in [-0.39, 0.29) is 35.9 Å². The molecule has 126 valence electrons. The molecular formula is C15H19BrN2O4S. The van der Waals surface area contributed by atoms with E-state index >= 15 is 0 Å². The topological polar surface area (TPSA) is 83.6 Å². The van der Waals surface area contributed by atoms with Crippen molar-refractivity contribution in [2.24, 2.45) is 0 Å². The predicted molar refractivity (Wildman–Crippen MR) is 90.9 cm³/mol. The summed E-state index contributed by atoms with van der Waals surface area (Å²) in [6, 6.07) is 6.57. The van der Waals surface area contributed by atoms with Crippen molar-refractivity contribution >= 4 is 37.6 Å². The molecule has 1 saturated heterocycles. The van der Waals surface area contributed by atoms with Crippen molar-refractivity contribution in [3.8, 4) is 0 Å². The second kappa shape index (κ2) is 7.44. The lowest BCUT2D eigenvalue weighted by atomic mass is 10.2. The van der Waals surface area contributed by atoms with Crippen LogP contribution in [0.5, 0.6) is 0 Å². The SMILES string of the molecule is CCN(CC(=O)NC1CCS(=O)(=O)C1)C(=O)c1ccc(Br)cc1. The maximum Gasteiger partial charge on any atom is 0.254 e. The summed E-state index contributed by atoms with van der Waals surface area (Å²) >= 11 is 3.31. The number of hydrogen-bond donors (Lipinski definition) is 1. The zero-order valence-electron chi connectivity index (χ0n) is 12.8. The Kier molecular flexibility index (Phi) is 5.80. The van der Waals surface area contributed by atoms with Gasteiger partial charge in [0.25, 0.3) is 5.91 Å². The van der Waals surface area contributed by atoms with Crippen LogP contribution in [-0.4, -0.2) is 55.8 Å². The Bertz CT molecular complexity index is 688. The van der Waals surface area contributed by atoms with E-state index in [2.05, 4.69) is 21.2 Å². The van der Waals surface area contributed by atoms with Crippen LogP contribution in [0.3, 0.4) is 0 Å². The summed E-state index contributed by atoms with van der Waals surface area (Å²) in [5, 5.41) is 2.70. The molecule has 1 aliphatic heterocycles. The van der Waals surface area contributed by atoms with E-state index in [1.807, 2.05) is 0 Å². The monoisotopic (exact) mass is 402 g/mol. The van der Waals surface area contributed by atoms with E-state index in [1.165, 1.54) is 4.90 Å². The normalized spacial score (nSPS) is 19.3. The Hall–Kier alpha value is -1.41. The minimum absolute atomic E-state index is 0.0223. The third-order valence-electron chi connectivity index (χ3n) is 3.69. The van der Waals surface area contributed by atoms with Gasteiger partial charge in [-0.2, -0.15) is 0 Å². The molecule has 1 aromatic rings. The van der Waals surface area contributed by atoms with Crippen LogP contribution in [0, 0.1) is 0 Å². The molecule has 0 radical (unpaired) electrons. The van der Waals surface area contributed by atoms with Crippen LogP contribution in [0.25, 0.3) is 0 Å². The van der Waals surface area contributed by atoms with Crippen LogP contribution < -0.4 is 5.32 Å². The first kappa shape index (κ1) is 17.9. The van der Waals surface area contributed by atoms with Gasteiger partial charge in [0.1, 0.15) is 0 Å². The zero-order valence-corrected chi connectivity index (χ0v) is 15.2. The second-order valence-electron chi connectivity index (χ2n) is 5.49. The number of carbonyl (C=O) groups is 2. The summed E-state index contributed by atoms with van der Waals surface area (Å²) in [5.41, 5.74) is 0.506. The number of benzene rings is 1. The van der Waals surface area contributed by atoms with Crippen LogP contribution in [0.2, 0.25) is 0 Å². The maximum absolute atomic E-state index is 12.4. The highest BCUT2D eigenvalue weighted by Gasteiger charge is 2.29. The summed E-state index contributed by atoms with van der Waals surface area (Å²) in [5.74, 6) is -0.479. The van der Waals surface area contributed by atoms with E-state index < -0.39 is 9.84 Å². The molecule has 0 spiro atoms. The molecule has 0 saturated carbocycles. The minimum Gasteiger partial charge on any atom is -0.351 e. The van der Waals surface area contributed by atoms with Gasteiger partial charge in [-0.25, -0.2) is 8.42 Å². The summed E-state index contributed by atoms with van der Waals surface area (Å²) in [6.07, 6.45) is 0.431. The maximum atomic E-state index is 12.4. The molecule has 8 heteroatoms. The molecular weight excluding hydrogens is 384 g/mol. The van der Waals surface area contributed by atoms with Crippen molar-refractivity contribution in [1.82, 2.24) is 10.2 Å². The number of hydrogen-bond acceptors (Lipinski definition) is 4. The van der Waals surface area contributed by atoms with Gasteiger partial charge in [0.15, 0.2) is 9.84 Å². The van der Waals surface area contributed by atoms with Crippen LogP contribution in [-0.2, 0) is 14.6 Å². The van der Waals surface area contributed by atoms with Crippen LogP contribution in [0.4, 0.5) is 0 Å². The highest BCUT2D eigenvalue weighted by Crippen LogP contribution is 2.13. The van der Waals surface area contributed by atoms with Crippen LogP contribution in [0.15, 0.2) is 28.7 Å². The molecule has 0 aromatic heterocycles. The zero-order chi connectivity index (χ0) is 17.0. The van der Waals surface area contributed by atoms with Crippen molar-refractivity contribution in [2.75, 3.05) is 24.6 Å². The van der Waals surface area contributed by atoms with Crippen molar-refractivity contribution < 1.29 is 18.0 Å². The lowest BCUT2D eigenvalue weighted by Crippen LogP contribution is -2.44. The number of carbonyl (C=O) groups excluding carboxylic acids is 2. The number of amides is 2. The molecule has 6 nitrogen and oxygen atoms in total. The Labute approximate surface area is 144 Å². The number of nitrogens with one attached hydrogen (secondary N) is 1. The summed E-state index contributed by atoms with van der Waals surface area (Å²) in [4.78, 5) is 25.9. The fourth-order valence-corrected chi connectivity index (χ4v) is 4.40. The smallest absolute Gasteiger partial charge is 0.254 e. The fraction of sp³-hybridized carbons (Fsp3) is 0.467. The molecule has 2 amide bonds. The summed E-state index contributed by atoms with van der Waals surface area (Å²) in [7, 11) is -3.04. The Morgan fingerprint density at radius 1 is 1.30 bits per heavy atom. The van der Waals surface area contributed by atoms with Crippen molar-refractivity contribution in [2.45, 2.75) is 19.4 Å². The third-order valence-corrected chi connectivity index (χ3v) is 5.99. The molecule has 1 aliphatic rings. The highest BCUT2D eigenvalue weighted by atomic mass is 79.9. The van der Waals surface area contributed by atoms with Crippen LogP contribution in [0.1, 0.15) is 23.7 Å². The van der Waals surface area contributed by atoms with Gasteiger partial charge in [0.05, 0.1) is 18.1 Å². The standard InChI is InChI=1S/C15H19BrN2O4S/c1-2-18(15(20)11-3-5-12(16)6-4-11)9-14(19)17-13-7-8-23(21,22)10-13/h3-6,13H,2,7-10H2,1H3,(H,17,19). The molecule has 1 heterocycles. The molecule has 0 bridgehead atoms. The highest BCUT2D eigenvalue weighted by molar-refractivity contribution is 9.10. The molecule has 1 N–H and O–H groups in total. The van der Waals surface area contributed by atoms with Gasteiger partial charge in [0, 0.05) is 22.6 Å². The number of halogens is 1. The van der Waals surface area contributed by atoms with Crippen molar-refractivity contribution in [3.05, 3.63) is 34.3 Å². The van der Waals surface area contributed by atoms with Gasteiger partial charge >= 0.3 is 0 Å². The number of nitrogens with zero attached hydrogens (tertiary/aromatic N) is 1. The van der Waals surface area contributed by atoms with Gasteiger partial charge in [-0.3, -0.25) is 9.59 Å². The van der Waals surface area contributed by atoms with Gasteiger partial charge < -0.3 is 10.2 Å². The van der Waals surface area contributed by atoms with E-state index in [0.717, 1.165) is 4.47 Å². The van der Waals surface area contributed by atoms with E-state index in [4.69, 9.17) is 0 Å². The number of sulfone groups is 1. The van der Waals surface area contributed by atoms with Gasteiger partial charge in [-0.05, 0) is 37.6 Å². The van der Waals surface area contributed by atoms with Crippen molar-refractivity contribution in [3.63, 3.8) is 0 Å². The predicted octanol–water partition coefficient (Wildman–Crippen LogP) is 1.21. The Morgan fingerprint density at radius 2 is 1.96 bits per heavy atom. The van der Waals surface area contributed by atoms with Gasteiger partial charge in [-0.1, -0.05) is 15.9 Å². The second-order valence-corrected chi connectivity index (χ2v) is 8.64. The molecule has 23 heavy (non-hydrogen) atoms. The third kappa shape index (κ3) is 5.04. The number of rotatable bonds is 5. The van der Waals surface area contributed by atoms with Gasteiger partial charge in [-0.15, -0.1) is 0 Å². The number of likely N-dealkylation sites (N-methyl/N-ethyl adjacent to an activating group) is 1. The molecule has 2 rings (SSSR count). The first-order valence-electron chi connectivity index (χ1n) is 7.35. The quantitative estimate of drug-likeness (QED) is 0.802. The largest absolute Gasteiger partial charge is 0.351 e. The first-order valence-corrected chi connectivity index (χ1v) is 9.97. The summed E-state index contributed by atoms with van der Waals surface area (Å²) in [6.45, 7) is 2.11. The molecule has 0 aliphatic carbocycles. The minimum atomic E-state index is -3.04. The Balaban J connectivity index is 1.94. The van der Waals surface area contributed by atoms with E-state index in [0.29, 0.717) is 18.5 Å². The first-order chi connectivity index (χ1) is 10.8. The molecule has 1 aromatic carbocycles. The molecule has 1 unspecified atom stereocenters. The Morgan fingerprint density at radius 3 is 2.48 bits per heavy atom.